The van der Waals surface area contributed by atoms with Crippen LogP contribution in [0.3, 0.4) is 0 Å². The molecule has 0 unspecified atom stereocenters. The van der Waals surface area contributed by atoms with Crippen LogP contribution in [0.1, 0.15) is 26.3 Å². The maximum atomic E-state index is 5.01. The lowest BCUT2D eigenvalue weighted by atomic mass is 9.87. The van der Waals surface area contributed by atoms with E-state index in [1.165, 1.54) is 16.3 Å². The van der Waals surface area contributed by atoms with Crippen LogP contribution in [-0.4, -0.2) is 4.98 Å². The largest absolute Gasteiger partial charge is 0.340 e. The molecule has 0 bridgehead atoms. The normalized spacial score (nSPS) is 11.4. The van der Waals surface area contributed by atoms with Gasteiger partial charge in [-0.3, -0.25) is 4.90 Å². The van der Waals surface area contributed by atoms with Gasteiger partial charge in [0.05, 0.1) is 5.69 Å². The molecule has 5 aromatic rings. The minimum atomic E-state index is 0.0978. The summed E-state index contributed by atoms with van der Waals surface area (Å²) < 4.78 is 0. The summed E-state index contributed by atoms with van der Waals surface area (Å²) in [5.74, 6) is 1.67. The van der Waals surface area contributed by atoms with Crippen molar-refractivity contribution < 1.29 is 0 Å². The highest BCUT2D eigenvalue weighted by Crippen LogP contribution is 2.39. The summed E-state index contributed by atoms with van der Waals surface area (Å²) in [6.45, 7) is 6.72. The first-order valence-electron chi connectivity index (χ1n) is 11.7. The number of para-hydroxylation sites is 1. The number of pyridine rings is 1. The van der Waals surface area contributed by atoms with Crippen molar-refractivity contribution in [3.05, 3.63) is 121 Å². The van der Waals surface area contributed by atoms with Gasteiger partial charge in [-0.05, 0) is 58.8 Å². The Morgan fingerprint density at radius 3 is 2.09 bits per heavy atom. The fourth-order valence-electron chi connectivity index (χ4n) is 4.20. The van der Waals surface area contributed by atoms with E-state index >= 15 is 0 Å². The topological polar surface area (TPSA) is 28.2 Å². The molecule has 3 nitrogen and oxygen atoms in total. The number of fused-ring (bicyclic) bond motifs is 1. The highest BCUT2D eigenvalue weighted by atomic mass is 15.2. The predicted octanol–water partition coefficient (Wildman–Crippen LogP) is 8.75. The van der Waals surface area contributed by atoms with Gasteiger partial charge in [0.2, 0.25) is 0 Å². The summed E-state index contributed by atoms with van der Waals surface area (Å²) in [4.78, 5) is 7.25. The van der Waals surface area contributed by atoms with E-state index in [9.17, 15) is 0 Å². The third kappa shape index (κ3) is 4.51. The fourth-order valence-corrected chi connectivity index (χ4v) is 4.20. The van der Waals surface area contributed by atoms with Crippen LogP contribution in [0.2, 0.25) is 0 Å². The van der Waals surface area contributed by atoms with Crippen molar-refractivity contribution in [3.63, 3.8) is 0 Å². The molecule has 34 heavy (non-hydrogen) atoms. The molecule has 0 spiro atoms. The number of nitrogens with zero attached hydrogens (tertiary/aromatic N) is 2. The van der Waals surface area contributed by atoms with E-state index in [0.29, 0.717) is 0 Å². The van der Waals surface area contributed by atoms with Crippen molar-refractivity contribution >= 4 is 39.5 Å². The van der Waals surface area contributed by atoms with Crippen LogP contribution >= 0.6 is 0 Å². The average molecular weight is 444 g/mol. The molecular weight excluding hydrogens is 414 g/mol. The van der Waals surface area contributed by atoms with E-state index in [4.69, 9.17) is 4.98 Å². The first-order valence-corrected chi connectivity index (χ1v) is 11.7. The molecule has 0 amide bonds. The van der Waals surface area contributed by atoms with E-state index in [1.54, 1.807) is 0 Å². The number of hydrogen-bond donors (Lipinski definition) is 1. The third-order valence-electron chi connectivity index (χ3n) is 6.01. The number of benzene rings is 4. The summed E-state index contributed by atoms with van der Waals surface area (Å²) in [6.07, 6.45) is 0. The minimum Gasteiger partial charge on any atom is -0.340 e. The molecule has 0 fully saturated rings. The Hall–Kier alpha value is -4.11. The summed E-state index contributed by atoms with van der Waals surface area (Å²) >= 11 is 0. The highest BCUT2D eigenvalue weighted by Gasteiger charge is 2.19. The van der Waals surface area contributed by atoms with Crippen LogP contribution in [0, 0.1) is 0 Å². The van der Waals surface area contributed by atoms with E-state index in [1.807, 2.05) is 36.4 Å². The fraction of sp³-hybridized carbons (Fsp3) is 0.129. The Balaban J connectivity index is 1.64. The average Bonchev–Trinajstić information content (AvgIpc) is 2.85. The quantitative estimate of drug-likeness (QED) is 0.294. The van der Waals surface area contributed by atoms with Gasteiger partial charge in [0.1, 0.15) is 11.6 Å². The molecule has 0 saturated carbocycles. The third-order valence-corrected chi connectivity index (χ3v) is 6.01. The number of aromatic nitrogens is 1. The molecule has 1 aromatic heterocycles. The molecule has 0 atom stereocenters. The van der Waals surface area contributed by atoms with Crippen molar-refractivity contribution in [2.24, 2.45) is 0 Å². The lowest BCUT2D eigenvalue weighted by Crippen LogP contribution is -2.14. The van der Waals surface area contributed by atoms with Crippen molar-refractivity contribution in [2.75, 3.05) is 10.2 Å². The van der Waals surface area contributed by atoms with Gasteiger partial charge >= 0.3 is 0 Å². The van der Waals surface area contributed by atoms with E-state index in [-0.39, 0.29) is 5.41 Å². The van der Waals surface area contributed by atoms with Crippen LogP contribution in [0.4, 0.5) is 28.7 Å². The van der Waals surface area contributed by atoms with E-state index in [0.717, 1.165) is 28.7 Å². The second-order valence-corrected chi connectivity index (χ2v) is 9.50. The number of rotatable bonds is 5. The van der Waals surface area contributed by atoms with Crippen LogP contribution in [-0.2, 0) is 5.41 Å². The summed E-state index contributed by atoms with van der Waals surface area (Å²) in [7, 11) is 0. The van der Waals surface area contributed by atoms with E-state index < -0.39 is 0 Å². The lowest BCUT2D eigenvalue weighted by Gasteiger charge is -2.27. The zero-order chi connectivity index (χ0) is 23.5. The van der Waals surface area contributed by atoms with Crippen molar-refractivity contribution in [1.82, 2.24) is 4.98 Å². The van der Waals surface area contributed by atoms with Crippen LogP contribution in [0.25, 0.3) is 10.8 Å². The second-order valence-electron chi connectivity index (χ2n) is 9.50. The zero-order valence-corrected chi connectivity index (χ0v) is 19.9. The molecule has 4 aromatic carbocycles. The molecule has 0 radical (unpaired) electrons. The van der Waals surface area contributed by atoms with Gasteiger partial charge in [-0.2, -0.15) is 0 Å². The highest BCUT2D eigenvalue weighted by molar-refractivity contribution is 5.98. The van der Waals surface area contributed by atoms with Crippen molar-refractivity contribution in [1.29, 1.82) is 0 Å². The Morgan fingerprint density at radius 1 is 0.647 bits per heavy atom. The summed E-state index contributed by atoms with van der Waals surface area (Å²) in [6, 6.07) is 40.0. The van der Waals surface area contributed by atoms with Gasteiger partial charge in [0.25, 0.3) is 0 Å². The number of anilines is 5. The second kappa shape index (κ2) is 9.03. The Bertz CT molecular complexity index is 1400. The molecule has 5 rings (SSSR count). The molecule has 0 aliphatic rings. The molecule has 1 N–H and O–H groups in total. The lowest BCUT2D eigenvalue weighted by molar-refractivity contribution is 0.590. The van der Waals surface area contributed by atoms with Gasteiger partial charge in [-0.25, -0.2) is 4.98 Å². The van der Waals surface area contributed by atoms with Crippen LogP contribution in [0.5, 0.6) is 0 Å². The molecule has 3 heteroatoms. The van der Waals surface area contributed by atoms with Crippen LogP contribution < -0.4 is 10.2 Å². The Morgan fingerprint density at radius 2 is 1.32 bits per heavy atom. The molecule has 1 heterocycles. The number of nitrogens with one attached hydrogen (secondary N) is 1. The standard InChI is InChI=1S/C31H29N3/c1-31(2,3)24-19-21-26(22-20-24)34(28-16-9-12-23-11-7-8-15-27(23)28)30-18-10-17-29(33-30)32-25-13-5-4-6-14-25/h4-22H,1-3H3,(H,32,33). The maximum Gasteiger partial charge on any atom is 0.140 e. The van der Waals surface area contributed by atoms with Crippen LogP contribution in [0.15, 0.2) is 115 Å². The monoisotopic (exact) mass is 443 g/mol. The first kappa shape index (κ1) is 21.7. The molecule has 0 aliphatic heterocycles. The summed E-state index contributed by atoms with van der Waals surface area (Å²) in [5, 5.41) is 5.82. The molecular formula is C31H29N3. The Kier molecular flexibility index (Phi) is 5.77. The first-order chi connectivity index (χ1) is 16.5. The van der Waals surface area contributed by atoms with Gasteiger partial charge in [0.15, 0.2) is 0 Å². The molecule has 168 valence electrons. The van der Waals surface area contributed by atoms with E-state index in [2.05, 4.69) is 110 Å². The van der Waals surface area contributed by atoms with Gasteiger partial charge in [-0.15, -0.1) is 0 Å². The molecule has 0 saturated heterocycles. The van der Waals surface area contributed by atoms with Gasteiger partial charge in [-0.1, -0.05) is 93.6 Å². The Labute approximate surface area is 201 Å². The predicted molar refractivity (Wildman–Crippen MR) is 145 cm³/mol. The smallest absolute Gasteiger partial charge is 0.140 e. The van der Waals surface area contributed by atoms with Gasteiger partial charge < -0.3 is 5.32 Å². The van der Waals surface area contributed by atoms with Gasteiger partial charge in [0, 0.05) is 16.8 Å². The molecule has 0 aliphatic carbocycles. The minimum absolute atomic E-state index is 0.0978. The van der Waals surface area contributed by atoms with Crippen molar-refractivity contribution in [2.45, 2.75) is 26.2 Å². The zero-order valence-electron chi connectivity index (χ0n) is 19.9. The summed E-state index contributed by atoms with van der Waals surface area (Å²) in [5.41, 5.74) is 4.60. The number of hydrogen-bond acceptors (Lipinski definition) is 3. The maximum absolute atomic E-state index is 5.01. The van der Waals surface area contributed by atoms with Crippen molar-refractivity contribution in [3.8, 4) is 0 Å². The SMILES string of the molecule is CC(C)(C)c1ccc(N(c2cccc(Nc3ccccc3)n2)c2cccc3ccccc23)cc1.